The number of anilines is 1. The van der Waals surface area contributed by atoms with Gasteiger partial charge >= 0.3 is 0 Å². The van der Waals surface area contributed by atoms with E-state index in [0.717, 1.165) is 6.20 Å². The molecule has 2 aromatic heterocycles. The van der Waals surface area contributed by atoms with E-state index in [-0.39, 0.29) is 12.2 Å². The molecule has 1 atom stereocenters. The number of nitrogen functional groups attached to an aromatic ring is 1. The number of aromatic nitrogens is 2. The predicted octanol–water partition coefficient (Wildman–Crippen LogP) is 3.82. The first-order valence-electron chi connectivity index (χ1n) is 10.1. The largest absolute Gasteiger partial charge is 0.482 e. The molecule has 1 aliphatic rings. The van der Waals surface area contributed by atoms with E-state index in [0.29, 0.717) is 51.7 Å². The molecule has 32 heavy (non-hydrogen) atoms. The Labute approximate surface area is 183 Å². The minimum Gasteiger partial charge on any atom is -0.482 e. The lowest BCUT2D eigenvalue weighted by molar-refractivity contribution is 0.227. The summed E-state index contributed by atoms with van der Waals surface area (Å²) in [6.45, 7) is 4.11. The first-order chi connectivity index (χ1) is 15.4. The fourth-order valence-electron chi connectivity index (χ4n) is 3.76. The molecule has 1 aliphatic heterocycles. The average Bonchev–Trinajstić information content (AvgIpc) is 2.77. The van der Waals surface area contributed by atoms with E-state index in [1.54, 1.807) is 25.3 Å². The van der Waals surface area contributed by atoms with Crippen LogP contribution in [0.2, 0.25) is 0 Å². The number of benzene rings is 1. The molecule has 3 aromatic rings. The molecule has 0 fully saturated rings. The number of hydrogen-bond donors (Lipinski definition) is 2. The van der Waals surface area contributed by atoms with E-state index in [9.17, 15) is 8.78 Å². The van der Waals surface area contributed by atoms with Crippen LogP contribution in [-0.2, 0) is 6.42 Å². The number of hydrogen-bond acceptors (Lipinski definition) is 7. The van der Waals surface area contributed by atoms with Crippen LogP contribution in [0.1, 0.15) is 36.6 Å². The second-order valence-electron chi connectivity index (χ2n) is 7.34. The number of nitrogens with two attached hydrogens (primary N) is 2. The Morgan fingerprint density at radius 1 is 1.12 bits per heavy atom. The number of pyridine rings is 2. The molecule has 0 aliphatic carbocycles. The molecule has 164 valence electrons. The molecule has 0 radical (unpaired) electrons. The summed E-state index contributed by atoms with van der Waals surface area (Å²) >= 11 is 0. The van der Waals surface area contributed by atoms with Crippen molar-refractivity contribution in [1.82, 2.24) is 9.97 Å². The Balaban J connectivity index is 2.02. The van der Waals surface area contributed by atoms with Gasteiger partial charge in [-0.25, -0.2) is 13.8 Å². The zero-order valence-corrected chi connectivity index (χ0v) is 17.6. The van der Waals surface area contributed by atoms with Crippen LogP contribution in [0.3, 0.4) is 0 Å². The fourth-order valence-corrected chi connectivity index (χ4v) is 3.76. The van der Waals surface area contributed by atoms with E-state index in [1.807, 2.05) is 6.92 Å². The topological polar surface area (TPSA) is 112 Å². The highest BCUT2D eigenvalue weighted by Gasteiger charge is 2.24. The first-order valence-corrected chi connectivity index (χ1v) is 10.1. The zero-order valence-electron chi connectivity index (χ0n) is 17.6. The van der Waals surface area contributed by atoms with Gasteiger partial charge in [0.05, 0.1) is 23.3 Å². The van der Waals surface area contributed by atoms with Gasteiger partial charge in [0, 0.05) is 35.9 Å². The molecular weight excluding hydrogens is 414 g/mol. The Morgan fingerprint density at radius 3 is 2.69 bits per heavy atom. The summed E-state index contributed by atoms with van der Waals surface area (Å²) in [5, 5.41) is 3.94. The predicted molar refractivity (Wildman–Crippen MR) is 120 cm³/mol. The quantitative estimate of drug-likeness (QED) is 0.445. The van der Waals surface area contributed by atoms with Crippen molar-refractivity contribution in [2.75, 3.05) is 12.3 Å². The van der Waals surface area contributed by atoms with Crippen molar-refractivity contribution in [2.24, 2.45) is 15.9 Å². The Morgan fingerprint density at radius 2 is 1.94 bits per heavy atom. The van der Waals surface area contributed by atoms with Crippen molar-refractivity contribution in [3.05, 3.63) is 71.1 Å². The normalized spacial score (nSPS) is 18.3. The highest BCUT2D eigenvalue weighted by atomic mass is 19.1. The standard InChI is InChI=1S/C23H22F2N6O/c1-3-28-22-14-8-20(23(26)30-10-14)32-12(2)18-9-15(24)4-5-17(18)21-13(7-19(22)31-27)6-16(25)11-29-21/h4-6,8-12H,3,7,27H2,1-2H3,(H2,26,30)/t12-/m1/s1. The highest BCUT2D eigenvalue weighted by Crippen LogP contribution is 2.35. The minimum absolute atomic E-state index is 0.154. The maximum Gasteiger partial charge on any atom is 0.166 e. The summed E-state index contributed by atoms with van der Waals surface area (Å²) in [6.07, 6.45) is 2.22. The van der Waals surface area contributed by atoms with Crippen LogP contribution in [0.15, 0.2) is 52.8 Å². The zero-order chi connectivity index (χ0) is 22.8. The van der Waals surface area contributed by atoms with Gasteiger partial charge in [-0.2, -0.15) is 5.10 Å². The maximum atomic E-state index is 14.2. The third-order valence-electron chi connectivity index (χ3n) is 5.20. The lowest BCUT2D eigenvalue weighted by atomic mass is 9.93. The van der Waals surface area contributed by atoms with Crippen LogP contribution in [0.5, 0.6) is 5.75 Å². The summed E-state index contributed by atoms with van der Waals surface area (Å²) in [7, 11) is 0. The summed E-state index contributed by atoms with van der Waals surface area (Å²) < 4.78 is 34.5. The minimum atomic E-state index is -0.603. The van der Waals surface area contributed by atoms with Crippen LogP contribution in [0.4, 0.5) is 14.6 Å². The second-order valence-corrected chi connectivity index (χ2v) is 7.34. The van der Waals surface area contributed by atoms with E-state index in [2.05, 4.69) is 20.1 Å². The van der Waals surface area contributed by atoms with Gasteiger partial charge in [-0.05, 0) is 49.7 Å². The third-order valence-corrected chi connectivity index (χ3v) is 5.20. The van der Waals surface area contributed by atoms with Crippen LogP contribution < -0.4 is 16.3 Å². The lowest BCUT2D eigenvalue weighted by Crippen LogP contribution is -2.22. The van der Waals surface area contributed by atoms with Gasteiger partial charge < -0.3 is 16.3 Å². The van der Waals surface area contributed by atoms with Crippen molar-refractivity contribution in [3.63, 3.8) is 0 Å². The van der Waals surface area contributed by atoms with Crippen molar-refractivity contribution < 1.29 is 13.5 Å². The van der Waals surface area contributed by atoms with Gasteiger partial charge in [-0.3, -0.25) is 9.98 Å². The fraction of sp³-hybridized carbons (Fsp3) is 0.217. The first kappa shape index (κ1) is 21.4. The van der Waals surface area contributed by atoms with E-state index >= 15 is 0 Å². The number of rotatable bonds is 1. The number of fused-ring (bicyclic) bond motifs is 5. The van der Waals surface area contributed by atoms with E-state index in [4.69, 9.17) is 16.3 Å². The van der Waals surface area contributed by atoms with E-state index in [1.165, 1.54) is 18.2 Å². The molecule has 3 heterocycles. The number of nitrogens with zero attached hydrogens (tertiary/aromatic N) is 4. The Bertz CT molecular complexity index is 1240. The summed E-state index contributed by atoms with van der Waals surface area (Å²) in [6, 6.07) is 7.36. The molecule has 0 amide bonds. The SMILES string of the molecule is CCN=C1C(=NN)Cc2cc(F)cnc2-c2ccc(F)cc2[C@@H](C)Oc2cc1cnc2N. The van der Waals surface area contributed by atoms with Crippen molar-refractivity contribution in [3.8, 4) is 17.0 Å². The summed E-state index contributed by atoms with van der Waals surface area (Å²) in [5.41, 5.74) is 9.69. The van der Waals surface area contributed by atoms with Crippen molar-refractivity contribution in [1.29, 1.82) is 0 Å². The molecule has 2 bridgehead atoms. The van der Waals surface area contributed by atoms with Gasteiger partial charge in [0.25, 0.3) is 0 Å². The van der Waals surface area contributed by atoms with Gasteiger partial charge in [-0.1, -0.05) is 0 Å². The number of hydrazone groups is 1. The second kappa shape index (κ2) is 8.70. The smallest absolute Gasteiger partial charge is 0.166 e. The van der Waals surface area contributed by atoms with Gasteiger partial charge in [0.1, 0.15) is 17.7 Å². The molecule has 9 heteroatoms. The van der Waals surface area contributed by atoms with Crippen LogP contribution >= 0.6 is 0 Å². The van der Waals surface area contributed by atoms with Gasteiger partial charge in [0.2, 0.25) is 0 Å². The molecule has 0 unspecified atom stereocenters. The molecule has 4 rings (SSSR count). The van der Waals surface area contributed by atoms with Crippen LogP contribution in [-0.4, -0.2) is 27.9 Å². The number of halogens is 2. The molecule has 0 saturated heterocycles. The molecular formula is C23H22F2N6O. The van der Waals surface area contributed by atoms with Gasteiger partial charge in [0.15, 0.2) is 11.6 Å². The molecule has 4 N–H and O–H groups in total. The molecule has 1 aromatic carbocycles. The third kappa shape index (κ3) is 4.01. The van der Waals surface area contributed by atoms with Crippen molar-refractivity contribution >= 4 is 17.2 Å². The maximum absolute atomic E-state index is 14.2. The van der Waals surface area contributed by atoms with Gasteiger partial charge in [-0.15, -0.1) is 0 Å². The highest BCUT2D eigenvalue weighted by molar-refractivity contribution is 6.48. The lowest BCUT2D eigenvalue weighted by Gasteiger charge is -2.22. The monoisotopic (exact) mass is 436 g/mol. The molecule has 0 spiro atoms. The van der Waals surface area contributed by atoms with E-state index < -0.39 is 17.7 Å². The molecule has 7 nitrogen and oxygen atoms in total. The Kier molecular flexibility index (Phi) is 5.81. The number of aliphatic imine (C=N–C) groups is 1. The summed E-state index contributed by atoms with van der Waals surface area (Å²) in [4.78, 5) is 13.1. The summed E-state index contributed by atoms with van der Waals surface area (Å²) in [5.74, 6) is 5.29. The molecule has 0 saturated carbocycles. The van der Waals surface area contributed by atoms with Crippen LogP contribution in [0, 0.1) is 11.6 Å². The Hall–Kier alpha value is -3.88. The number of ether oxygens (including phenoxy) is 1. The van der Waals surface area contributed by atoms with Crippen molar-refractivity contribution in [2.45, 2.75) is 26.4 Å². The van der Waals surface area contributed by atoms with Crippen LogP contribution in [0.25, 0.3) is 11.3 Å². The average molecular weight is 436 g/mol.